The molecule has 1 aliphatic heterocycles. The van der Waals surface area contributed by atoms with Crippen LogP contribution in [0.2, 0.25) is 0 Å². The van der Waals surface area contributed by atoms with E-state index in [1.165, 1.54) is 30.3 Å². The average molecular weight is 554 g/mol. The molecule has 3 atom stereocenters. The topological polar surface area (TPSA) is 136 Å². The smallest absolute Gasteiger partial charge is 0.281 e. The van der Waals surface area contributed by atoms with E-state index in [-0.39, 0.29) is 40.1 Å². The Bertz CT molecular complexity index is 1480. The van der Waals surface area contributed by atoms with E-state index >= 15 is 0 Å². The SMILES string of the molecule is CC(C)COc1cc(F)cc(-c2ccc(C(=O)NS(=O)(=O)c3cccc(N)n3)c(C3[C@@H]4CC[C@H]3CNC4)n2)c1. The lowest BCUT2D eigenvalue weighted by molar-refractivity contribution is 0.0978. The summed E-state index contributed by atoms with van der Waals surface area (Å²) >= 11 is 0. The number of halogens is 1. The van der Waals surface area contributed by atoms with Gasteiger partial charge in [-0.05, 0) is 80.1 Å². The number of rotatable bonds is 8. The molecular formula is C28H32FN5O4S. The van der Waals surface area contributed by atoms with Crippen molar-refractivity contribution in [2.75, 3.05) is 25.4 Å². The summed E-state index contributed by atoms with van der Waals surface area (Å²) in [7, 11) is -4.27. The predicted molar refractivity (Wildman–Crippen MR) is 145 cm³/mol. The minimum absolute atomic E-state index is 0.0233. The third kappa shape index (κ3) is 5.89. The third-order valence-electron chi connectivity index (χ3n) is 7.22. The summed E-state index contributed by atoms with van der Waals surface area (Å²) in [5, 5.41) is 3.08. The van der Waals surface area contributed by atoms with Crippen LogP contribution in [-0.2, 0) is 10.0 Å². The summed E-state index contributed by atoms with van der Waals surface area (Å²) in [5.41, 5.74) is 7.32. The molecule has 1 unspecified atom stereocenters. The zero-order valence-corrected chi connectivity index (χ0v) is 22.7. The molecule has 5 rings (SSSR count). The Kier molecular flexibility index (Phi) is 7.55. The number of carbonyl (C=O) groups is 1. The summed E-state index contributed by atoms with van der Waals surface area (Å²) in [5.74, 6) is -0.101. The van der Waals surface area contributed by atoms with E-state index in [1.807, 2.05) is 13.8 Å². The molecular weight excluding hydrogens is 521 g/mol. The number of anilines is 1. The van der Waals surface area contributed by atoms with Crippen LogP contribution in [-0.4, -0.2) is 44.0 Å². The summed E-state index contributed by atoms with van der Waals surface area (Å²) in [6.45, 7) is 6.03. The fourth-order valence-corrected chi connectivity index (χ4v) is 6.42. The fraction of sp³-hybridized carbons (Fsp3) is 0.393. The molecule has 3 aromatic rings. The zero-order chi connectivity index (χ0) is 27.7. The Hall–Kier alpha value is -3.57. The number of piperidine rings is 1. The van der Waals surface area contributed by atoms with Gasteiger partial charge in [-0.1, -0.05) is 19.9 Å². The number of aromatic nitrogens is 2. The largest absolute Gasteiger partial charge is 0.493 e. The molecule has 0 radical (unpaired) electrons. The number of pyridine rings is 2. The van der Waals surface area contributed by atoms with Crippen LogP contribution in [0.5, 0.6) is 5.75 Å². The maximum absolute atomic E-state index is 14.5. The van der Waals surface area contributed by atoms with E-state index in [0.717, 1.165) is 25.9 Å². The average Bonchev–Trinajstić information content (AvgIpc) is 3.14. The lowest BCUT2D eigenvalue weighted by Gasteiger charge is -2.31. The van der Waals surface area contributed by atoms with Gasteiger partial charge >= 0.3 is 0 Å². The number of hydrogen-bond acceptors (Lipinski definition) is 8. The molecule has 3 heterocycles. The normalized spacial score (nSPS) is 20.7. The molecule has 4 N–H and O–H groups in total. The molecule has 2 aliphatic rings. The Labute approximate surface area is 227 Å². The molecule has 11 heteroatoms. The minimum atomic E-state index is -4.27. The molecule has 2 aromatic heterocycles. The number of nitrogen functional groups attached to an aromatic ring is 1. The van der Waals surface area contributed by atoms with E-state index in [0.29, 0.717) is 29.3 Å². The number of ether oxygens (including phenoxy) is 1. The molecule has 2 fully saturated rings. The first-order valence-corrected chi connectivity index (χ1v) is 14.5. The van der Waals surface area contributed by atoms with Crippen LogP contribution in [0.3, 0.4) is 0 Å². The lowest BCUT2D eigenvalue weighted by Crippen LogP contribution is -2.39. The summed E-state index contributed by atoms with van der Waals surface area (Å²) in [6, 6.07) is 11.8. The predicted octanol–water partition coefficient (Wildman–Crippen LogP) is 3.73. The second kappa shape index (κ2) is 10.9. The van der Waals surface area contributed by atoms with Crippen LogP contribution >= 0.6 is 0 Å². The lowest BCUT2D eigenvalue weighted by atomic mass is 9.81. The first-order chi connectivity index (χ1) is 18.6. The molecule has 1 aromatic carbocycles. The van der Waals surface area contributed by atoms with Gasteiger partial charge in [0.05, 0.1) is 23.6 Å². The van der Waals surface area contributed by atoms with Gasteiger partial charge in [0.15, 0.2) is 5.03 Å². The second-order valence-electron chi connectivity index (χ2n) is 10.6. The number of sulfonamides is 1. The maximum atomic E-state index is 14.5. The number of hydrogen-bond donors (Lipinski definition) is 3. The highest BCUT2D eigenvalue weighted by Gasteiger charge is 2.42. The summed E-state index contributed by atoms with van der Waals surface area (Å²) < 4.78 is 48.3. The van der Waals surface area contributed by atoms with Gasteiger partial charge in [0.2, 0.25) is 0 Å². The van der Waals surface area contributed by atoms with Crippen LogP contribution in [0.4, 0.5) is 10.2 Å². The van der Waals surface area contributed by atoms with Gasteiger partial charge in [0.1, 0.15) is 17.4 Å². The molecule has 206 valence electrons. The minimum Gasteiger partial charge on any atom is -0.493 e. The number of nitrogens with two attached hydrogens (primary N) is 1. The first kappa shape index (κ1) is 27.0. The molecule has 1 saturated carbocycles. The first-order valence-electron chi connectivity index (χ1n) is 13.1. The molecule has 1 aliphatic carbocycles. The highest BCUT2D eigenvalue weighted by molar-refractivity contribution is 7.90. The maximum Gasteiger partial charge on any atom is 0.281 e. The van der Waals surface area contributed by atoms with E-state index in [2.05, 4.69) is 15.0 Å². The number of benzene rings is 1. The van der Waals surface area contributed by atoms with E-state index < -0.39 is 21.7 Å². The highest BCUT2D eigenvalue weighted by Crippen LogP contribution is 2.46. The Balaban J connectivity index is 1.53. The van der Waals surface area contributed by atoms with Crippen molar-refractivity contribution >= 4 is 21.7 Å². The van der Waals surface area contributed by atoms with Gasteiger partial charge < -0.3 is 15.8 Å². The molecule has 1 saturated heterocycles. The summed E-state index contributed by atoms with van der Waals surface area (Å²) in [6.07, 6.45) is 1.96. The van der Waals surface area contributed by atoms with Gasteiger partial charge in [-0.25, -0.2) is 14.1 Å². The van der Waals surface area contributed by atoms with Gasteiger partial charge in [-0.2, -0.15) is 8.42 Å². The number of carbonyl (C=O) groups excluding carboxylic acids is 1. The Morgan fingerprint density at radius 1 is 1.13 bits per heavy atom. The number of nitrogens with one attached hydrogen (secondary N) is 2. The van der Waals surface area contributed by atoms with Crippen molar-refractivity contribution in [1.82, 2.24) is 20.0 Å². The van der Waals surface area contributed by atoms with E-state index in [4.69, 9.17) is 15.5 Å². The van der Waals surface area contributed by atoms with Crippen molar-refractivity contribution in [2.24, 2.45) is 17.8 Å². The Morgan fingerprint density at radius 2 is 1.87 bits per heavy atom. The van der Waals surface area contributed by atoms with Crippen LogP contribution in [0, 0.1) is 23.6 Å². The van der Waals surface area contributed by atoms with Crippen molar-refractivity contribution in [3.8, 4) is 17.0 Å². The standard InChI is InChI=1S/C28H32FN5O4S/c1-16(2)15-38-21-11-19(10-20(29)12-21)23-9-8-22(27(32-23)26-17-6-7-18(26)14-31-13-17)28(35)34-39(36,37)25-5-3-4-24(30)33-25/h3-5,8-12,16-18,26,31H,6-7,13-15H2,1-2H3,(H2,30,33)(H,34,35)/t17-,18+,26?. The van der Waals surface area contributed by atoms with Crippen LogP contribution in [0.25, 0.3) is 11.3 Å². The van der Waals surface area contributed by atoms with E-state index in [9.17, 15) is 17.6 Å². The van der Waals surface area contributed by atoms with Gasteiger partial charge in [0.25, 0.3) is 15.9 Å². The number of fused-ring (bicyclic) bond motifs is 2. The molecule has 2 bridgehead atoms. The number of amides is 1. The van der Waals surface area contributed by atoms with Gasteiger partial charge in [0, 0.05) is 17.5 Å². The fourth-order valence-electron chi connectivity index (χ4n) is 5.48. The summed E-state index contributed by atoms with van der Waals surface area (Å²) in [4.78, 5) is 22.2. The monoisotopic (exact) mass is 553 g/mol. The van der Waals surface area contributed by atoms with Crippen molar-refractivity contribution in [2.45, 2.75) is 37.6 Å². The van der Waals surface area contributed by atoms with Gasteiger partial charge in [-0.3, -0.25) is 9.78 Å². The van der Waals surface area contributed by atoms with Crippen LogP contribution in [0.15, 0.2) is 53.6 Å². The molecule has 39 heavy (non-hydrogen) atoms. The molecule has 0 spiro atoms. The highest BCUT2D eigenvalue weighted by atomic mass is 32.2. The van der Waals surface area contributed by atoms with Crippen LogP contribution in [0.1, 0.15) is 48.7 Å². The van der Waals surface area contributed by atoms with E-state index in [1.54, 1.807) is 18.2 Å². The molecule has 1 amide bonds. The third-order valence-corrected chi connectivity index (χ3v) is 8.45. The van der Waals surface area contributed by atoms with Crippen molar-refractivity contribution < 1.29 is 22.3 Å². The molecule has 9 nitrogen and oxygen atoms in total. The number of nitrogens with zero attached hydrogens (tertiary/aromatic N) is 2. The van der Waals surface area contributed by atoms with Gasteiger partial charge in [-0.15, -0.1) is 0 Å². The van der Waals surface area contributed by atoms with Crippen LogP contribution < -0.4 is 20.5 Å². The van der Waals surface area contributed by atoms with Crippen molar-refractivity contribution in [3.63, 3.8) is 0 Å². The van der Waals surface area contributed by atoms with Crippen molar-refractivity contribution in [1.29, 1.82) is 0 Å². The van der Waals surface area contributed by atoms with Crippen molar-refractivity contribution in [3.05, 3.63) is 65.6 Å². The quantitative estimate of drug-likeness (QED) is 0.384. The zero-order valence-electron chi connectivity index (χ0n) is 21.9. The second-order valence-corrected chi connectivity index (χ2v) is 12.3. The Morgan fingerprint density at radius 3 is 2.56 bits per heavy atom.